The molecule has 0 aliphatic carbocycles. The molecule has 102 valence electrons. The zero-order valence-electron chi connectivity index (χ0n) is 11.4. The molecule has 0 aliphatic heterocycles. The molecule has 0 aliphatic rings. The van der Waals surface area contributed by atoms with Crippen molar-refractivity contribution in [1.29, 1.82) is 0 Å². The highest BCUT2D eigenvalue weighted by Gasteiger charge is 2.01. The third kappa shape index (κ3) is 4.03. The second-order valence-corrected chi connectivity index (χ2v) is 5.41. The summed E-state index contributed by atoms with van der Waals surface area (Å²) in [4.78, 5) is 15.9. The second kappa shape index (κ2) is 6.48. The lowest BCUT2D eigenvalue weighted by Crippen LogP contribution is -2.09. The van der Waals surface area contributed by atoms with E-state index in [0.29, 0.717) is 5.82 Å². The quantitative estimate of drug-likeness (QED) is 0.860. The van der Waals surface area contributed by atoms with E-state index < -0.39 is 0 Å². The molecule has 2 aromatic rings. The van der Waals surface area contributed by atoms with Crippen molar-refractivity contribution in [3.63, 3.8) is 0 Å². The molecule has 4 heteroatoms. The van der Waals surface area contributed by atoms with Crippen LogP contribution in [-0.2, 0) is 4.79 Å². The summed E-state index contributed by atoms with van der Waals surface area (Å²) in [7, 11) is 0. The third-order valence-electron chi connectivity index (χ3n) is 2.80. The topological polar surface area (TPSA) is 42.0 Å². The predicted molar refractivity (Wildman–Crippen MR) is 85.5 cm³/mol. The summed E-state index contributed by atoms with van der Waals surface area (Å²) in [5, 5.41) is 2.73. The fourth-order valence-electron chi connectivity index (χ4n) is 1.63. The molecule has 2 rings (SSSR count). The van der Waals surface area contributed by atoms with E-state index in [1.807, 2.05) is 44.2 Å². The molecule has 1 N–H and O–H groups in total. The number of pyridine rings is 1. The van der Waals surface area contributed by atoms with Crippen LogP contribution in [0, 0.1) is 13.8 Å². The highest BCUT2D eigenvalue weighted by molar-refractivity contribution is 9.10. The number of amides is 1. The van der Waals surface area contributed by atoms with Crippen LogP contribution >= 0.6 is 15.9 Å². The van der Waals surface area contributed by atoms with Crippen LogP contribution in [0.5, 0.6) is 0 Å². The smallest absolute Gasteiger partial charge is 0.249 e. The van der Waals surface area contributed by atoms with Crippen molar-refractivity contribution in [3.8, 4) is 0 Å². The molecule has 0 unspecified atom stereocenters. The SMILES string of the molecule is Cc1ccc(/C=C/C(=O)Nc2cc(C)c(Br)cn2)cc1. The monoisotopic (exact) mass is 330 g/mol. The van der Waals surface area contributed by atoms with E-state index in [-0.39, 0.29) is 5.91 Å². The number of nitrogens with one attached hydrogen (secondary N) is 1. The molecule has 1 heterocycles. The van der Waals surface area contributed by atoms with Gasteiger partial charge in [0.05, 0.1) is 0 Å². The molecule has 0 saturated heterocycles. The third-order valence-corrected chi connectivity index (χ3v) is 3.63. The first-order valence-electron chi connectivity index (χ1n) is 6.22. The molecular formula is C16H15BrN2O. The normalized spacial score (nSPS) is 10.8. The Morgan fingerprint density at radius 2 is 1.95 bits per heavy atom. The predicted octanol–water partition coefficient (Wildman–Crippen LogP) is 4.11. The standard InChI is InChI=1S/C16H15BrN2O/c1-11-3-5-13(6-4-11)7-8-16(20)19-15-9-12(2)14(17)10-18-15/h3-10H,1-2H3,(H,18,19,20)/b8-7+. The number of halogens is 1. The Kier molecular flexibility index (Phi) is 4.69. The molecule has 0 fully saturated rings. The van der Waals surface area contributed by atoms with Gasteiger partial charge >= 0.3 is 0 Å². The molecule has 0 saturated carbocycles. The van der Waals surface area contributed by atoms with Crippen molar-refractivity contribution in [2.75, 3.05) is 5.32 Å². The maximum absolute atomic E-state index is 11.8. The molecule has 1 aromatic heterocycles. The number of aromatic nitrogens is 1. The highest BCUT2D eigenvalue weighted by Crippen LogP contribution is 2.17. The number of anilines is 1. The first-order chi connectivity index (χ1) is 9.54. The minimum atomic E-state index is -0.195. The fourth-order valence-corrected chi connectivity index (χ4v) is 1.84. The number of carbonyl (C=O) groups excluding carboxylic acids is 1. The van der Waals surface area contributed by atoms with Crippen LogP contribution in [0.1, 0.15) is 16.7 Å². The Bertz CT molecular complexity index is 648. The summed E-state index contributed by atoms with van der Waals surface area (Å²) in [6, 6.07) is 9.79. The van der Waals surface area contributed by atoms with Crippen LogP contribution in [0.3, 0.4) is 0 Å². The van der Waals surface area contributed by atoms with E-state index in [0.717, 1.165) is 15.6 Å². The van der Waals surface area contributed by atoms with Gasteiger partial charge in [-0.25, -0.2) is 4.98 Å². The Morgan fingerprint density at radius 1 is 1.25 bits per heavy atom. The van der Waals surface area contributed by atoms with E-state index in [2.05, 4.69) is 26.2 Å². The molecule has 20 heavy (non-hydrogen) atoms. The zero-order chi connectivity index (χ0) is 14.5. The number of hydrogen-bond donors (Lipinski definition) is 1. The molecule has 1 amide bonds. The van der Waals surface area contributed by atoms with Crippen LogP contribution in [0.15, 0.2) is 47.1 Å². The zero-order valence-corrected chi connectivity index (χ0v) is 12.9. The summed E-state index contributed by atoms with van der Waals surface area (Å²) < 4.78 is 0.922. The van der Waals surface area contributed by atoms with Gasteiger partial charge in [0, 0.05) is 16.7 Å². The number of nitrogens with zero attached hydrogens (tertiary/aromatic N) is 1. The fraction of sp³-hybridized carbons (Fsp3) is 0.125. The Balaban J connectivity index is 2.01. The molecule has 1 aromatic carbocycles. The lowest BCUT2D eigenvalue weighted by molar-refractivity contribution is -0.111. The Labute approximate surface area is 126 Å². The van der Waals surface area contributed by atoms with E-state index in [1.165, 1.54) is 11.6 Å². The number of rotatable bonds is 3. The van der Waals surface area contributed by atoms with Crippen molar-refractivity contribution < 1.29 is 4.79 Å². The number of aryl methyl sites for hydroxylation is 2. The van der Waals surface area contributed by atoms with Gasteiger partial charge in [0.15, 0.2) is 0 Å². The number of hydrogen-bond acceptors (Lipinski definition) is 2. The molecule has 0 bridgehead atoms. The van der Waals surface area contributed by atoms with Crippen LogP contribution in [-0.4, -0.2) is 10.9 Å². The van der Waals surface area contributed by atoms with Gasteiger partial charge in [0.2, 0.25) is 5.91 Å². The lowest BCUT2D eigenvalue weighted by atomic mass is 10.1. The van der Waals surface area contributed by atoms with Crippen LogP contribution in [0.2, 0.25) is 0 Å². The van der Waals surface area contributed by atoms with Crippen molar-refractivity contribution >= 4 is 33.7 Å². The Morgan fingerprint density at radius 3 is 2.60 bits per heavy atom. The van der Waals surface area contributed by atoms with Crippen molar-refractivity contribution in [3.05, 3.63) is 63.8 Å². The maximum Gasteiger partial charge on any atom is 0.249 e. The molecule has 3 nitrogen and oxygen atoms in total. The minimum absolute atomic E-state index is 0.195. The summed E-state index contributed by atoms with van der Waals surface area (Å²) in [5.41, 5.74) is 3.21. The van der Waals surface area contributed by atoms with Gasteiger partial charge in [-0.15, -0.1) is 0 Å². The van der Waals surface area contributed by atoms with Gasteiger partial charge in [-0.2, -0.15) is 0 Å². The van der Waals surface area contributed by atoms with E-state index in [4.69, 9.17) is 0 Å². The second-order valence-electron chi connectivity index (χ2n) is 4.55. The van der Waals surface area contributed by atoms with Gasteiger partial charge in [-0.1, -0.05) is 29.8 Å². The summed E-state index contributed by atoms with van der Waals surface area (Å²) in [5.74, 6) is 0.351. The van der Waals surface area contributed by atoms with Gasteiger partial charge in [0.1, 0.15) is 5.82 Å². The summed E-state index contributed by atoms with van der Waals surface area (Å²) in [6.45, 7) is 3.98. The molecule has 0 radical (unpaired) electrons. The highest BCUT2D eigenvalue weighted by atomic mass is 79.9. The first-order valence-corrected chi connectivity index (χ1v) is 7.02. The largest absolute Gasteiger partial charge is 0.307 e. The molecule has 0 atom stereocenters. The average Bonchev–Trinajstić information content (AvgIpc) is 2.42. The van der Waals surface area contributed by atoms with Gasteiger partial charge < -0.3 is 5.32 Å². The van der Waals surface area contributed by atoms with Crippen LogP contribution in [0.25, 0.3) is 6.08 Å². The minimum Gasteiger partial charge on any atom is -0.307 e. The lowest BCUT2D eigenvalue weighted by Gasteiger charge is -2.03. The van der Waals surface area contributed by atoms with Crippen LogP contribution in [0.4, 0.5) is 5.82 Å². The van der Waals surface area contributed by atoms with Crippen molar-refractivity contribution in [2.45, 2.75) is 13.8 Å². The maximum atomic E-state index is 11.8. The molecular weight excluding hydrogens is 316 g/mol. The van der Waals surface area contributed by atoms with Crippen LogP contribution < -0.4 is 5.32 Å². The summed E-state index contributed by atoms with van der Waals surface area (Å²) >= 11 is 3.37. The van der Waals surface area contributed by atoms with E-state index in [1.54, 1.807) is 12.3 Å². The van der Waals surface area contributed by atoms with Crippen molar-refractivity contribution in [1.82, 2.24) is 4.98 Å². The van der Waals surface area contributed by atoms with E-state index >= 15 is 0 Å². The van der Waals surface area contributed by atoms with Gasteiger partial charge in [-0.3, -0.25) is 4.79 Å². The van der Waals surface area contributed by atoms with E-state index in [9.17, 15) is 4.79 Å². The van der Waals surface area contributed by atoms with Crippen molar-refractivity contribution in [2.24, 2.45) is 0 Å². The Hall–Kier alpha value is -1.94. The number of benzene rings is 1. The van der Waals surface area contributed by atoms with Gasteiger partial charge in [-0.05, 0) is 53.0 Å². The summed E-state index contributed by atoms with van der Waals surface area (Å²) in [6.07, 6.45) is 4.96. The number of carbonyl (C=O) groups is 1. The average molecular weight is 331 g/mol. The van der Waals surface area contributed by atoms with Gasteiger partial charge in [0.25, 0.3) is 0 Å². The first kappa shape index (κ1) is 14.5. The molecule has 0 spiro atoms.